The van der Waals surface area contributed by atoms with Crippen LogP contribution in [-0.2, 0) is 30.3 Å². The van der Waals surface area contributed by atoms with E-state index in [-0.39, 0.29) is 26.6 Å². The number of hydrogen-bond donors (Lipinski definition) is 0. The van der Waals surface area contributed by atoms with Crippen molar-refractivity contribution in [3.8, 4) is 0 Å². The molecule has 0 unspecified atom stereocenters. The molecule has 0 aromatic heterocycles. The summed E-state index contributed by atoms with van der Waals surface area (Å²) >= 11 is 0. The topological polar surface area (TPSA) is 144 Å². The Balaban J connectivity index is 1.89. The molecule has 41 heavy (non-hydrogen) atoms. The van der Waals surface area contributed by atoms with Gasteiger partial charge in [-0.05, 0) is 50.2 Å². The van der Waals surface area contributed by atoms with E-state index in [1.165, 1.54) is 48.5 Å². The lowest BCUT2D eigenvalue weighted by Crippen LogP contribution is -2.57. The third-order valence-electron chi connectivity index (χ3n) is 7.71. The van der Waals surface area contributed by atoms with E-state index in [0.29, 0.717) is 0 Å². The second kappa shape index (κ2) is 9.79. The van der Waals surface area contributed by atoms with Crippen LogP contribution >= 0.6 is 0 Å². The predicted molar refractivity (Wildman–Crippen MR) is 150 cm³/mol. The van der Waals surface area contributed by atoms with Gasteiger partial charge in [0.25, 0.3) is 15.6 Å². The van der Waals surface area contributed by atoms with Crippen molar-refractivity contribution >= 4 is 31.7 Å². The fourth-order valence-corrected chi connectivity index (χ4v) is 9.09. The van der Waals surface area contributed by atoms with Crippen molar-refractivity contribution in [2.45, 2.75) is 35.3 Å². The zero-order chi connectivity index (χ0) is 29.9. The number of anilines is 1. The van der Waals surface area contributed by atoms with Crippen molar-refractivity contribution in [1.82, 2.24) is 4.31 Å². The summed E-state index contributed by atoms with van der Waals surface area (Å²) in [5.41, 5.74) is -1.54. The van der Waals surface area contributed by atoms with E-state index in [9.17, 15) is 31.7 Å². The molecule has 0 spiro atoms. The standard InChI is InChI=1S/C28H27N3O8S2/c1-5-20-17-29(40(35,36)21-13-9-18(2)10-14-21)27-28(20,31(33)34)25-23(26(32)39-4)7-6-8-24(25)30(27)41(37,38)22-15-11-19(3)12-16-22/h5-16,20,27H,1,17H2,2-4H3/t20-,27+,28+/m0/s1. The van der Waals surface area contributed by atoms with Crippen molar-refractivity contribution in [3.63, 3.8) is 0 Å². The smallest absolute Gasteiger partial charge is 0.338 e. The van der Waals surface area contributed by atoms with Gasteiger partial charge in [0.2, 0.25) is 10.0 Å². The molecule has 2 aliphatic heterocycles. The van der Waals surface area contributed by atoms with Crippen molar-refractivity contribution in [1.29, 1.82) is 0 Å². The van der Waals surface area contributed by atoms with Crippen LogP contribution in [0.1, 0.15) is 27.0 Å². The van der Waals surface area contributed by atoms with E-state index < -0.39 is 55.1 Å². The van der Waals surface area contributed by atoms with Gasteiger partial charge in [0, 0.05) is 11.5 Å². The van der Waals surface area contributed by atoms with Gasteiger partial charge in [-0.15, -0.1) is 6.58 Å². The molecule has 11 nitrogen and oxygen atoms in total. The third kappa shape index (κ3) is 3.98. The average molecular weight is 598 g/mol. The molecule has 3 aromatic carbocycles. The van der Waals surface area contributed by atoms with E-state index in [1.54, 1.807) is 38.1 Å². The van der Waals surface area contributed by atoms with Crippen LogP contribution in [0.3, 0.4) is 0 Å². The zero-order valence-electron chi connectivity index (χ0n) is 22.4. The molecule has 0 bridgehead atoms. The summed E-state index contributed by atoms with van der Waals surface area (Å²) in [5, 5.41) is 13.3. The van der Waals surface area contributed by atoms with Crippen molar-refractivity contribution in [2.75, 3.05) is 18.0 Å². The number of benzene rings is 3. The van der Waals surface area contributed by atoms with Crippen LogP contribution in [0.25, 0.3) is 0 Å². The highest BCUT2D eigenvalue weighted by molar-refractivity contribution is 7.93. The molecule has 0 radical (unpaired) electrons. The fourth-order valence-electron chi connectivity index (χ4n) is 5.75. The molecule has 0 saturated carbocycles. The molecular formula is C28H27N3O8S2. The Bertz CT molecular complexity index is 1790. The number of ether oxygens (including phenoxy) is 1. The Hall–Kier alpha value is -4.07. The molecular weight excluding hydrogens is 570 g/mol. The Kier molecular flexibility index (Phi) is 6.79. The van der Waals surface area contributed by atoms with Crippen LogP contribution < -0.4 is 4.31 Å². The molecule has 2 heterocycles. The summed E-state index contributed by atoms with van der Waals surface area (Å²) in [7, 11) is -8.03. The molecule has 1 fully saturated rings. The number of nitro groups is 1. The number of esters is 1. The van der Waals surface area contributed by atoms with Gasteiger partial charge in [-0.1, -0.05) is 47.5 Å². The fraction of sp³-hybridized carbons (Fsp3) is 0.250. The normalized spacial score (nSPS) is 22.2. The van der Waals surface area contributed by atoms with Crippen LogP contribution in [0.15, 0.2) is 89.2 Å². The van der Waals surface area contributed by atoms with Crippen LogP contribution in [0.4, 0.5) is 5.69 Å². The number of aryl methyl sites for hydroxylation is 2. The lowest BCUT2D eigenvalue weighted by atomic mass is 9.78. The summed E-state index contributed by atoms with van der Waals surface area (Å²) in [6.07, 6.45) is -0.667. The number of carbonyl (C=O) groups excluding carboxylic acids is 1. The van der Waals surface area contributed by atoms with E-state index in [4.69, 9.17) is 4.74 Å². The second-order valence-electron chi connectivity index (χ2n) is 9.99. The third-order valence-corrected chi connectivity index (χ3v) is 11.3. The second-order valence-corrected chi connectivity index (χ2v) is 13.7. The number of sulfonamides is 2. The average Bonchev–Trinajstić information content (AvgIpc) is 3.45. The van der Waals surface area contributed by atoms with E-state index >= 15 is 0 Å². The van der Waals surface area contributed by atoms with Gasteiger partial charge in [-0.3, -0.25) is 10.1 Å². The largest absolute Gasteiger partial charge is 0.465 e. The maximum Gasteiger partial charge on any atom is 0.338 e. The number of carbonyl (C=O) groups is 1. The Morgan fingerprint density at radius 3 is 2.00 bits per heavy atom. The Morgan fingerprint density at radius 1 is 0.976 bits per heavy atom. The van der Waals surface area contributed by atoms with Gasteiger partial charge < -0.3 is 4.74 Å². The van der Waals surface area contributed by atoms with E-state index in [1.807, 2.05) is 0 Å². The van der Waals surface area contributed by atoms with Crippen molar-refractivity contribution in [3.05, 3.63) is 112 Å². The number of hydrogen-bond acceptors (Lipinski definition) is 8. The SMILES string of the molecule is C=C[C@H]1CN(S(=O)(=O)c2ccc(C)cc2)[C@@H]2N(S(=O)(=O)c3ccc(C)cc3)c3cccc(C(=O)OC)c3[C@@]21[N+](=O)[O-]. The van der Waals surface area contributed by atoms with Gasteiger partial charge in [-0.2, -0.15) is 4.31 Å². The van der Waals surface area contributed by atoms with E-state index in [2.05, 4.69) is 6.58 Å². The van der Waals surface area contributed by atoms with Gasteiger partial charge in [0.15, 0.2) is 6.17 Å². The predicted octanol–water partition coefficient (Wildman–Crippen LogP) is 3.60. The molecule has 1 saturated heterocycles. The highest BCUT2D eigenvalue weighted by atomic mass is 32.2. The van der Waals surface area contributed by atoms with Gasteiger partial charge in [0.05, 0.1) is 39.6 Å². The summed E-state index contributed by atoms with van der Waals surface area (Å²) in [6.45, 7) is 6.83. The van der Waals surface area contributed by atoms with E-state index in [0.717, 1.165) is 26.8 Å². The highest BCUT2D eigenvalue weighted by Gasteiger charge is 2.75. The minimum Gasteiger partial charge on any atom is -0.465 e. The van der Waals surface area contributed by atoms with Crippen LogP contribution in [0, 0.1) is 29.9 Å². The maximum atomic E-state index is 14.4. The monoisotopic (exact) mass is 597 g/mol. The molecule has 0 N–H and O–H groups in total. The molecule has 2 aliphatic rings. The lowest BCUT2D eigenvalue weighted by molar-refractivity contribution is -0.586. The number of rotatable bonds is 7. The zero-order valence-corrected chi connectivity index (χ0v) is 24.1. The number of methoxy groups -OCH3 is 1. The summed E-state index contributed by atoms with van der Waals surface area (Å²) < 4.78 is 63.5. The molecule has 3 aromatic rings. The minimum absolute atomic E-state index is 0.165. The van der Waals surface area contributed by atoms with Crippen molar-refractivity contribution in [2.24, 2.45) is 5.92 Å². The lowest BCUT2D eigenvalue weighted by Gasteiger charge is -2.33. The molecule has 0 amide bonds. The summed E-state index contributed by atoms with van der Waals surface area (Å²) in [6, 6.07) is 15.7. The summed E-state index contributed by atoms with van der Waals surface area (Å²) in [5.74, 6) is -2.15. The van der Waals surface area contributed by atoms with Gasteiger partial charge in [-0.25, -0.2) is 25.9 Å². The molecule has 214 valence electrons. The number of fused-ring (bicyclic) bond motifs is 3. The Labute approximate surface area is 237 Å². The van der Waals surface area contributed by atoms with Crippen LogP contribution in [-0.4, -0.2) is 51.9 Å². The number of nitrogens with zero attached hydrogens (tertiary/aromatic N) is 3. The minimum atomic E-state index is -4.62. The molecule has 5 rings (SSSR count). The maximum absolute atomic E-state index is 14.4. The quantitative estimate of drug-likeness (QED) is 0.174. The Morgan fingerprint density at radius 2 is 1.51 bits per heavy atom. The molecule has 13 heteroatoms. The molecule has 0 aliphatic carbocycles. The highest BCUT2D eigenvalue weighted by Crippen LogP contribution is 2.59. The molecule has 3 atom stereocenters. The van der Waals surface area contributed by atoms with Gasteiger partial charge >= 0.3 is 5.97 Å². The first-order valence-corrected chi connectivity index (χ1v) is 15.4. The van der Waals surface area contributed by atoms with Crippen LogP contribution in [0.2, 0.25) is 0 Å². The first kappa shape index (κ1) is 28.5. The van der Waals surface area contributed by atoms with Crippen molar-refractivity contribution < 1.29 is 31.3 Å². The van der Waals surface area contributed by atoms with Crippen LogP contribution in [0.5, 0.6) is 0 Å². The first-order chi connectivity index (χ1) is 19.3. The van der Waals surface area contributed by atoms with Gasteiger partial charge in [0.1, 0.15) is 0 Å². The summed E-state index contributed by atoms with van der Waals surface area (Å²) in [4.78, 5) is 25.1. The first-order valence-electron chi connectivity index (χ1n) is 12.5.